The van der Waals surface area contributed by atoms with Gasteiger partial charge < -0.3 is 14.3 Å². The molecule has 1 amide bonds. The number of amides is 1. The van der Waals surface area contributed by atoms with E-state index in [1.165, 1.54) is 14.2 Å². The molecule has 0 spiro atoms. The summed E-state index contributed by atoms with van der Waals surface area (Å²) >= 11 is 0. The van der Waals surface area contributed by atoms with Crippen LogP contribution in [-0.4, -0.2) is 43.4 Å². The van der Waals surface area contributed by atoms with E-state index in [4.69, 9.17) is 4.74 Å². The van der Waals surface area contributed by atoms with Crippen molar-refractivity contribution in [2.75, 3.05) is 14.2 Å². The fourth-order valence-electron chi connectivity index (χ4n) is 1.78. The van der Waals surface area contributed by atoms with Crippen molar-refractivity contribution < 1.29 is 23.9 Å². The van der Waals surface area contributed by atoms with Gasteiger partial charge in [0, 0.05) is 13.5 Å². The molecule has 0 aromatic heterocycles. The van der Waals surface area contributed by atoms with Gasteiger partial charge in [-0.1, -0.05) is 30.3 Å². The second-order valence-corrected chi connectivity index (χ2v) is 4.43. The molecule has 0 saturated heterocycles. The molecule has 0 aliphatic rings. The molecular formula is C15H19NO5. The summed E-state index contributed by atoms with van der Waals surface area (Å²) in [5, 5.41) is 0. The standard InChI is InChI=1S/C15H19NO5/c1-16(13(9-6-10-17)14(18)20-2)15(19)21-11-12-7-4-3-5-8-12/h3-5,7-8,10,13H,6,9,11H2,1-2H3/t13-/m0/s1. The summed E-state index contributed by atoms with van der Waals surface area (Å²) in [7, 11) is 2.68. The second kappa shape index (κ2) is 8.73. The van der Waals surface area contributed by atoms with Crippen LogP contribution in [0.15, 0.2) is 30.3 Å². The zero-order valence-corrected chi connectivity index (χ0v) is 12.2. The summed E-state index contributed by atoms with van der Waals surface area (Å²) in [5.74, 6) is -0.573. The lowest BCUT2D eigenvalue weighted by Gasteiger charge is -2.24. The largest absolute Gasteiger partial charge is 0.467 e. The fraction of sp³-hybridized carbons (Fsp3) is 0.400. The number of likely N-dealkylation sites (N-methyl/N-ethyl adjacent to an activating group) is 1. The van der Waals surface area contributed by atoms with Crippen LogP contribution in [0.3, 0.4) is 0 Å². The lowest BCUT2D eigenvalue weighted by Crippen LogP contribution is -2.43. The molecule has 114 valence electrons. The average Bonchev–Trinajstić information content (AvgIpc) is 2.53. The van der Waals surface area contributed by atoms with Gasteiger partial charge in [-0.3, -0.25) is 4.90 Å². The van der Waals surface area contributed by atoms with Gasteiger partial charge in [0.15, 0.2) is 0 Å². The summed E-state index contributed by atoms with van der Waals surface area (Å²) in [5.41, 5.74) is 0.849. The van der Waals surface area contributed by atoms with Gasteiger partial charge in [-0.05, 0) is 12.0 Å². The molecule has 0 bridgehead atoms. The molecule has 0 radical (unpaired) electrons. The van der Waals surface area contributed by atoms with Crippen LogP contribution in [-0.2, 0) is 25.7 Å². The highest BCUT2D eigenvalue weighted by atomic mass is 16.6. The van der Waals surface area contributed by atoms with Gasteiger partial charge in [0.2, 0.25) is 0 Å². The quantitative estimate of drug-likeness (QED) is 0.566. The molecule has 1 aromatic carbocycles. The first-order chi connectivity index (χ1) is 10.1. The van der Waals surface area contributed by atoms with Crippen molar-refractivity contribution in [1.82, 2.24) is 4.90 Å². The van der Waals surface area contributed by atoms with Gasteiger partial charge in [-0.25, -0.2) is 9.59 Å². The summed E-state index contributed by atoms with van der Waals surface area (Å²) in [6.07, 6.45) is 0.419. The first-order valence-corrected chi connectivity index (χ1v) is 6.55. The Morgan fingerprint density at radius 2 is 1.95 bits per heavy atom. The Kier molecular flexibility index (Phi) is 6.94. The molecule has 0 heterocycles. The molecule has 0 saturated carbocycles. The highest BCUT2D eigenvalue weighted by molar-refractivity contribution is 5.81. The number of ether oxygens (including phenoxy) is 2. The number of hydrogen-bond donors (Lipinski definition) is 0. The highest BCUT2D eigenvalue weighted by Crippen LogP contribution is 2.10. The molecule has 0 unspecified atom stereocenters. The Hall–Kier alpha value is -2.37. The van der Waals surface area contributed by atoms with Gasteiger partial charge in [-0.15, -0.1) is 0 Å². The molecule has 1 rings (SSSR count). The zero-order chi connectivity index (χ0) is 15.7. The number of nitrogens with zero attached hydrogens (tertiary/aromatic N) is 1. The lowest BCUT2D eigenvalue weighted by atomic mass is 10.1. The maximum absolute atomic E-state index is 11.9. The summed E-state index contributed by atoms with van der Waals surface area (Å²) < 4.78 is 9.78. The molecule has 0 aliphatic heterocycles. The van der Waals surface area contributed by atoms with Crippen molar-refractivity contribution >= 4 is 18.3 Å². The third-order valence-electron chi connectivity index (χ3n) is 2.99. The Morgan fingerprint density at radius 3 is 2.52 bits per heavy atom. The number of carbonyl (C=O) groups excluding carboxylic acids is 3. The minimum Gasteiger partial charge on any atom is -0.467 e. The van der Waals surface area contributed by atoms with Gasteiger partial charge in [0.1, 0.15) is 18.9 Å². The van der Waals surface area contributed by atoms with E-state index in [1.54, 1.807) is 0 Å². The van der Waals surface area contributed by atoms with Crippen molar-refractivity contribution in [2.24, 2.45) is 0 Å². The van der Waals surface area contributed by atoms with E-state index in [-0.39, 0.29) is 19.4 Å². The van der Waals surface area contributed by atoms with E-state index in [0.717, 1.165) is 10.5 Å². The van der Waals surface area contributed by atoms with Gasteiger partial charge >= 0.3 is 12.1 Å². The Labute approximate surface area is 123 Å². The molecule has 0 N–H and O–H groups in total. The minimum absolute atomic E-state index is 0.117. The van der Waals surface area contributed by atoms with Crippen LogP contribution >= 0.6 is 0 Å². The number of benzene rings is 1. The first-order valence-electron chi connectivity index (χ1n) is 6.55. The van der Waals surface area contributed by atoms with Crippen LogP contribution in [0.25, 0.3) is 0 Å². The van der Waals surface area contributed by atoms with Crippen molar-refractivity contribution in [3.63, 3.8) is 0 Å². The van der Waals surface area contributed by atoms with Gasteiger partial charge in [0.05, 0.1) is 7.11 Å². The van der Waals surface area contributed by atoms with Crippen LogP contribution < -0.4 is 0 Å². The number of esters is 1. The SMILES string of the molecule is COC(=O)[C@H](CCC=O)N(C)C(=O)OCc1ccccc1. The Bertz CT molecular complexity index is 474. The first kappa shape index (κ1) is 16.7. The van der Waals surface area contributed by atoms with E-state index in [1.807, 2.05) is 30.3 Å². The van der Waals surface area contributed by atoms with Crippen LogP contribution in [0.5, 0.6) is 0 Å². The van der Waals surface area contributed by atoms with Crippen molar-refractivity contribution in [3.05, 3.63) is 35.9 Å². The van der Waals surface area contributed by atoms with Gasteiger partial charge in [-0.2, -0.15) is 0 Å². The van der Waals surface area contributed by atoms with Crippen molar-refractivity contribution in [3.8, 4) is 0 Å². The van der Waals surface area contributed by atoms with E-state index in [2.05, 4.69) is 4.74 Å². The highest BCUT2D eigenvalue weighted by Gasteiger charge is 2.28. The number of rotatable bonds is 7. The molecule has 0 fully saturated rings. The van der Waals surface area contributed by atoms with Crippen molar-refractivity contribution in [1.29, 1.82) is 0 Å². The summed E-state index contributed by atoms with van der Waals surface area (Å²) in [6, 6.07) is 8.38. The average molecular weight is 293 g/mol. The summed E-state index contributed by atoms with van der Waals surface area (Å²) in [6.45, 7) is 0.117. The van der Waals surface area contributed by atoms with Crippen LogP contribution in [0.1, 0.15) is 18.4 Å². The van der Waals surface area contributed by atoms with E-state index in [0.29, 0.717) is 6.29 Å². The molecular weight excluding hydrogens is 274 g/mol. The maximum atomic E-state index is 11.9. The zero-order valence-electron chi connectivity index (χ0n) is 12.2. The molecule has 6 nitrogen and oxygen atoms in total. The van der Waals surface area contributed by atoms with Crippen LogP contribution in [0.4, 0.5) is 4.79 Å². The van der Waals surface area contributed by atoms with E-state index < -0.39 is 18.1 Å². The second-order valence-electron chi connectivity index (χ2n) is 4.43. The third kappa shape index (κ3) is 5.25. The Balaban J connectivity index is 2.60. The van der Waals surface area contributed by atoms with E-state index >= 15 is 0 Å². The predicted octanol–water partition coefficient (Wildman–Crippen LogP) is 1.78. The molecule has 21 heavy (non-hydrogen) atoms. The van der Waals surface area contributed by atoms with Crippen LogP contribution in [0.2, 0.25) is 0 Å². The number of carbonyl (C=O) groups is 3. The molecule has 0 aliphatic carbocycles. The van der Waals surface area contributed by atoms with Crippen molar-refractivity contribution in [2.45, 2.75) is 25.5 Å². The van der Waals surface area contributed by atoms with Gasteiger partial charge in [0.25, 0.3) is 0 Å². The number of methoxy groups -OCH3 is 1. The summed E-state index contributed by atoms with van der Waals surface area (Å²) in [4.78, 5) is 35.2. The normalized spacial score (nSPS) is 11.3. The van der Waals surface area contributed by atoms with Crippen LogP contribution in [0, 0.1) is 0 Å². The Morgan fingerprint density at radius 1 is 1.29 bits per heavy atom. The molecule has 6 heteroatoms. The van der Waals surface area contributed by atoms with E-state index in [9.17, 15) is 14.4 Å². The molecule has 1 aromatic rings. The molecule has 1 atom stereocenters. The lowest BCUT2D eigenvalue weighted by molar-refractivity contribution is -0.146. The maximum Gasteiger partial charge on any atom is 0.410 e. The monoisotopic (exact) mass is 293 g/mol. The smallest absolute Gasteiger partial charge is 0.410 e. The number of hydrogen-bond acceptors (Lipinski definition) is 5. The minimum atomic E-state index is -0.830. The number of aldehydes is 1. The topological polar surface area (TPSA) is 72.9 Å². The third-order valence-corrected chi connectivity index (χ3v) is 2.99. The predicted molar refractivity (Wildman–Crippen MR) is 75.5 cm³/mol. The fourth-order valence-corrected chi connectivity index (χ4v) is 1.78.